The van der Waals surface area contributed by atoms with Crippen molar-refractivity contribution in [2.24, 2.45) is 0 Å². The minimum absolute atomic E-state index is 0.112. The van der Waals surface area contributed by atoms with Crippen molar-refractivity contribution in [1.82, 2.24) is 4.72 Å². The van der Waals surface area contributed by atoms with Crippen LogP contribution < -0.4 is 10.5 Å². The van der Waals surface area contributed by atoms with E-state index in [-0.39, 0.29) is 11.4 Å². The van der Waals surface area contributed by atoms with Gasteiger partial charge in [-0.25, -0.2) is 13.1 Å². The van der Waals surface area contributed by atoms with E-state index in [0.29, 0.717) is 19.1 Å². The average Bonchev–Trinajstić information content (AvgIpc) is 2.12. The molecule has 94 valence electrons. The van der Waals surface area contributed by atoms with Gasteiger partial charge in [-0.2, -0.15) is 0 Å². The Balaban J connectivity index is 3.20. The van der Waals surface area contributed by atoms with Crippen LogP contribution in [-0.4, -0.2) is 15.0 Å². The second-order valence-corrected chi connectivity index (χ2v) is 7.69. The summed E-state index contributed by atoms with van der Waals surface area (Å²) < 4.78 is 27.8. The Morgan fingerprint density at radius 1 is 1.35 bits per heavy atom. The number of nitrogens with one attached hydrogen (secondary N) is 1. The molecule has 4 nitrogen and oxygen atoms in total. The third-order valence-corrected chi connectivity index (χ3v) is 5.30. The Labute approximate surface area is 125 Å². The highest BCUT2D eigenvalue weighted by molar-refractivity contribution is 9.11. The second kappa shape index (κ2) is 5.83. The maximum absolute atomic E-state index is 12.0. The molecule has 0 heterocycles. The molecule has 0 unspecified atom stereocenters. The lowest BCUT2D eigenvalue weighted by molar-refractivity contribution is 0.584. The van der Waals surface area contributed by atoms with E-state index in [1.165, 1.54) is 12.1 Å². The summed E-state index contributed by atoms with van der Waals surface area (Å²) in [6, 6.07) is 3.06. The van der Waals surface area contributed by atoms with Crippen molar-refractivity contribution in [3.63, 3.8) is 0 Å². The van der Waals surface area contributed by atoms with Crippen LogP contribution in [0.2, 0.25) is 0 Å². The number of halogens is 3. The van der Waals surface area contributed by atoms with Gasteiger partial charge in [-0.15, -0.1) is 0 Å². The highest BCUT2D eigenvalue weighted by Gasteiger charge is 2.21. The molecule has 17 heavy (non-hydrogen) atoms. The number of hydrogen-bond donors (Lipinski definition) is 2. The minimum atomic E-state index is -3.62. The zero-order valence-electron chi connectivity index (χ0n) is 8.50. The predicted molar refractivity (Wildman–Crippen MR) is 79.5 cm³/mol. The maximum Gasteiger partial charge on any atom is 0.243 e. The van der Waals surface area contributed by atoms with Crippen LogP contribution in [0.25, 0.3) is 0 Å². The van der Waals surface area contributed by atoms with E-state index in [1.807, 2.05) is 0 Å². The fourth-order valence-corrected chi connectivity index (χ4v) is 5.05. The molecular weight excluding hydrogens is 440 g/mol. The summed E-state index contributed by atoms with van der Waals surface area (Å²) in [6.07, 6.45) is 0. The molecule has 0 bridgehead atoms. The molecular formula is C9H9Br3N2O2S. The number of hydrogen-bond acceptors (Lipinski definition) is 3. The van der Waals surface area contributed by atoms with E-state index < -0.39 is 10.0 Å². The molecule has 1 rings (SSSR count). The van der Waals surface area contributed by atoms with Gasteiger partial charge < -0.3 is 5.73 Å². The van der Waals surface area contributed by atoms with Crippen molar-refractivity contribution >= 4 is 63.5 Å². The molecule has 0 saturated heterocycles. The van der Waals surface area contributed by atoms with E-state index in [0.717, 1.165) is 0 Å². The second-order valence-electron chi connectivity index (χ2n) is 3.16. The first-order valence-electron chi connectivity index (χ1n) is 4.31. The molecule has 0 atom stereocenters. The summed E-state index contributed by atoms with van der Waals surface area (Å²) in [6.45, 7) is 3.67. The number of benzene rings is 1. The van der Waals surface area contributed by atoms with Crippen molar-refractivity contribution in [1.29, 1.82) is 0 Å². The monoisotopic (exact) mass is 446 g/mol. The number of nitrogens with two attached hydrogens (primary N) is 1. The predicted octanol–water partition coefficient (Wildman–Crippen LogP) is 2.98. The Morgan fingerprint density at radius 3 is 2.24 bits per heavy atom. The summed E-state index contributed by atoms with van der Waals surface area (Å²) >= 11 is 9.44. The highest BCUT2D eigenvalue weighted by Crippen LogP contribution is 2.32. The fraction of sp³-hybridized carbons (Fsp3) is 0.111. The van der Waals surface area contributed by atoms with Crippen molar-refractivity contribution in [3.05, 3.63) is 32.1 Å². The van der Waals surface area contributed by atoms with Gasteiger partial charge in [0.1, 0.15) is 4.90 Å². The molecule has 0 radical (unpaired) electrons. The topological polar surface area (TPSA) is 72.2 Å². The zero-order valence-corrected chi connectivity index (χ0v) is 14.1. The van der Waals surface area contributed by atoms with Crippen LogP contribution in [-0.2, 0) is 10.0 Å². The van der Waals surface area contributed by atoms with Crippen LogP contribution in [0.15, 0.2) is 37.0 Å². The Bertz CT molecular complexity index is 534. The molecule has 8 heteroatoms. The average molecular weight is 449 g/mol. The van der Waals surface area contributed by atoms with Crippen LogP contribution >= 0.6 is 47.8 Å². The Morgan fingerprint density at radius 2 is 1.82 bits per heavy atom. The first kappa shape index (κ1) is 15.2. The highest BCUT2D eigenvalue weighted by atomic mass is 79.9. The van der Waals surface area contributed by atoms with Crippen molar-refractivity contribution < 1.29 is 8.42 Å². The van der Waals surface area contributed by atoms with Gasteiger partial charge in [-0.3, -0.25) is 0 Å². The van der Waals surface area contributed by atoms with Gasteiger partial charge in [0, 0.05) is 25.7 Å². The van der Waals surface area contributed by atoms with E-state index in [1.54, 1.807) is 0 Å². The van der Waals surface area contributed by atoms with Crippen LogP contribution in [0, 0.1) is 0 Å². The quantitative estimate of drug-likeness (QED) is 0.695. The van der Waals surface area contributed by atoms with Crippen molar-refractivity contribution in [3.8, 4) is 0 Å². The van der Waals surface area contributed by atoms with E-state index >= 15 is 0 Å². The van der Waals surface area contributed by atoms with E-state index in [4.69, 9.17) is 5.73 Å². The fourth-order valence-electron chi connectivity index (χ4n) is 1.08. The normalized spacial score (nSPS) is 11.5. The summed E-state index contributed by atoms with van der Waals surface area (Å²) in [5.74, 6) is 0. The van der Waals surface area contributed by atoms with Crippen LogP contribution in [0.5, 0.6) is 0 Å². The van der Waals surface area contributed by atoms with Gasteiger partial charge in [0.15, 0.2) is 0 Å². The SMILES string of the molecule is C=C(Br)CNS(=O)(=O)c1c(Br)cc(N)cc1Br. The summed E-state index contributed by atoms with van der Waals surface area (Å²) in [5.41, 5.74) is 6.06. The van der Waals surface area contributed by atoms with Gasteiger partial charge in [0.05, 0.1) is 0 Å². The van der Waals surface area contributed by atoms with Gasteiger partial charge in [0.25, 0.3) is 0 Å². The number of sulfonamides is 1. The summed E-state index contributed by atoms with van der Waals surface area (Å²) in [5, 5.41) is 0. The first-order valence-corrected chi connectivity index (χ1v) is 8.17. The molecule has 0 fully saturated rings. The van der Waals surface area contributed by atoms with Crippen LogP contribution in [0.3, 0.4) is 0 Å². The van der Waals surface area contributed by atoms with Gasteiger partial charge in [0.2, 0.25) is 10.0 Å². The molecule has 0 aliphatic carbocycles. The summed E-state index contributed by atoms with van der Waals surface area (Å²) in [7, 11) is -3.62. The van der Waals surface area contributed by atoms with Crippen LogP contribution in [0.4, 0.5) is 5.69 Å². The van der Waals surface area contributed by atoms with Gasteiger partial charge in [-0.1, -0.05) is 22.5 Å². The number of nitrogen functional groups attached to an aromatic ring is 1. The Hall–Kier alpha value is 0.110. The molecule has 1 aromatic rings. The smallest absolute Gasteiger partial charge is 0.243 e. The molecule has 0 aliphatic heterocycles. The molecule has 0 aromatic heterocycles. The standard InChI is InChI=1S/C9H9Br3N2O2S/c1-5(10)4-14-17(15,16)9-7(11)2-6(13)3-8(9)12/h2-3,14H,1,4,13H2. The third-order valence-electron chi connectivity index (χ3n) is 1.74. The maximum atomic E-state index is 12.0. The molecule has 0 saturated carbocycles. The number of anilines is 1. The van der Waals surface area contributed by atoms with Crippen LogP contribution in [0.1, 0.15) is 0 Å². The van der Waals surface area contributed by atoms with Gasteiger partial charge in [-0.05, 0) is 44.0 Å². The van der Waals surface area contributed by atoms with Crippen molar-refractivity contribution in [2.75, 3.05) is 12.3 Å². The first-order chi connectivity index (χ1) is 7.74. The van der Waals surface area contributed by atoms with E-state index in [2.05, 4.69) is 59.1 Å². The lowest BCUT2D eigenvalue weighted by atomic mass is 10.3. The number of rotatable bonds is 4. The summed E-state index contributed by atoms with van der Waals surface area (Å²) in [4.78, 5) is 0.112. The van der Waals surface area contributed by atoms with Gasteiger partial charge >= 0.3 is 0 Å². The third kappa shape index (κ3) is 4.06. The lowest BCUT2D eigenvalue weighted by Gasteiger charge is -2.10. The molecule has 1 aromatic carbocycles. The molecule has 0 spiro atoms. The zero-order chi connectivity index (χ0) is 13.2. The van der Waals surface area contributed by atoms with E-state index in [9.17, 15) is 8.42 Å². The Kier molecular flexibility index (Phi) is 5.21. The molecule has 0 aliphatic rings. The minimum Gasteiger partial charge on any atom is -0.399 e. The molecule has 0 amide bonds. The largest absolute Gasteiger partial charge is 0.399 e. The lowest BCUT2D eigenvalue weighted by Crippen LogP contribution is -2.25. The molecule has 3 N–H and O–H groups in total. The van der Waals surface area contributed by atoms with Crippen molar-refractivity contribution in [2.45, 2.75) is 4.90 Å².